The van der Waals surface area contributed by atoms with Crippen molar-refractivity contribution >= 4 is 5.82 Å². The molecule has 0 bridgehead atoms. The van der Waals surface area contributed by atoms with E-state index in [0.717, 1.165) is 25.1 Å². The number of hydrogen-bond donors (Lipinski definition) is 2. The van der Waals surface area contributed by atoms with Crippen molar-refractivity contribution in [1.29, 1.82) is 5.26 Å². The highest BCUT2D eigenvalue weighted by Crippen LogP contribution is 2.31. The lowest BCUT2D eigenvalue weighted by Crippen LogP contribution is -2.29. The molecule has 0 amide bonds. The summed E-state index contributed by atoms with van der Waals surface area (Å²) in [6.45, 7) is 0.832. The zero-order valence-electron chi connectivity index (χ0n) is 14.2. The van der Waals surface area contributed by atoms with Crippen LogP contribution in [0.3, 0.4) is 0 Å². The minimum Gasteiger partial charge on any atom is -0.391 e. The summed E-state index contributed by atoms with van der Waals surface area (Å²) in [6, 6.07) is 11.7. The molecule has 1 aliphatic carbocycles. The van der Waals surface area contributed by atoms with Gasteiger partial charge in [0.15, 0.2) is 0 Å². The molecule has 0 saturated heterocycles. The van der Waals surface area contributed by atoms with Crippen molar-refractivity contribution < 1.29 is 5.11 Å². The number of nitriles is 1. The first kappa shape index (κ1) is 16.4. The predicted molar refractivity (Wildman–Crippen MR) is 96.6 cm³/mol. The molecule has 2 heterocycles. The van der Waals surface area contributed by atoms with E-state index in [2.05, 4.69) is 21.5 Å². The number of anilines is 1. The first-order valence-electron chi connectivity index (χ1n) is 8.68. The van der Waals surface area contributed by atoms with Gasteiger partial charge in [0.05, 0.1) is 30.4 Å². The minimum atomic E-state index is -0.464. The van der Waals surface area contributed by atoms with Crippen LogP contribution in [-0.2, 0) is 6.54 Å². The second kappa shape index (κ2) is 7.02. The minimum absolute atomic E-state index is 0.116. The molecule has 3 aromatic rings. The molecule has 4 rings (SSSR count). The average molecular weight is 348 g/mol. The molecule has 7 nitrogen and oxygen atoms in total. The third-order valence-corrected chi connectivity index (χ3v) is 4.87. The second-order valence-electron chi connectivity index (χ2n) is 6.68. The van der Waals surface area contributed by atoms with Crippen LogP contribution in [0.1, 0.15) is 18.4 Å². The number of nitrogens with zero attached hydrogens (tertiary/aromatic N) is 5. The van der Waals surface area contributed by atoms with Gasteiger partial charge in [-0.05, 0) is 30.9 Å². The van der Waals surface area contributed by atoms with Crippen LogP contribution in [0.25, 0.3) is 5.69 Å². The van der Waals surface area contributed by atoms with Gasteiger partial charge in [-0.3, -0.25) is 0 Å². The van der Waals surface area contributed by atoms with Gasteiger partial charge in [-0.2, -0.15) is 10.4 Å². The lowest BCUT2D eigenvalue weighted by molar-refractivity contribution is 0.166. The lowest BCUT2D eigenvalue weighted by Gasteiger charge is -2.19. The van der Waals surface area contributed by atoms with Gasteiger partial charge in [0.25, 0.3) is 0 Å². The Morgan fingerprint density at radius 2 is 2.12 bits per heavy atom. The van der Waals surface area contributed by atoms with E-state index in [0.29, 0.717) is 17.3 Å². The van der Waals surface area contributed by atoms with E-state index in [1.54, 1.807) is 23.4 Å². The van der Waals surface area contributed by atoms with E-state index >= 15 is 0 Å². The number of hydrogen-bond acceptors (Lipinski definition) is 5. The maximum atomic E-state index is 10.5. The molecular weight excluding hydrogens is 328 g/mol. The van der Waals surface area contributed by atoms with Crippen LogP contribution in [0.4, 0.5) is 5.82 Å². The van der Waals surface area contributed by atoms with Gasteiger partial charge in [0.1, 0.15) is 17.5 Å². The van der Waals surface area contributed by atoms with Crippen LogP contribution >= 0.6 is 0 Å². The summed E-state index contributed by atoms with van der Waals surface area (Å²) >= 11 is 0. The molecule has 7 heteroatoms. The monoisotopic (exact) mass is 348 g/mol. The second-order valence-corrected chi connectivity index (χ2v) is 6.68. The zero-order valence-corrected chi connectivity index (χ0v) is 14.2. The molecule has 1 aromatic carbocycles. The largest absolute Gasteiger partial charge is 0.391 e. The Labute approximate surface area is 151 Å². The van der Waals surface area contributed by atoms with Crippen LogP contribution in [0, 0.1) is 17.2 Å². The molecule has 0 radical (unpaired) electrons. The Morgan fingerprint density at radius 3 is 2.85 bits per heavy atom. The summed E-state index contributed by atoms with van der Waals surface area (Å²) in [4.78, 5) is 4.07. The topological polar surface area (TPSA) is 91.7 Å². The normalized spacial score (nSPS) is 22.2. The summed E-state index contributed by atoms with van der Waals surface area (Å²) in [5.41, 5.74) is 1.35. The molecule has 132 valence electrons. The Hall–Kier alpha value is -3.11. The standard InChI is InChI=1S/C19H20N6O/c20-10-15-11-22-25(16-4-2-1-3-5-16)19(15)23-17-8-14(9-18(17)26)12-24-7-6-21-13-24/h1-7,11,13-14,17-18,23,26H,8-9,12H2/t14?,17-,18-/m1/s1. The first-order valence-corrected chi connectivity index (χ1v) is 8.68. The Kier molecular flexibility index (Phi) is 4.42. The zero-order chi connectivity index (χ0) is 17.9. The van der Waals surface area contributed by atoms with E-state index in [1.807, 2.05) is 41.1 Å². The lowest BCUT2D eigenvalue weighted by atomic mass is 10.1. The van der Waals surface area contributed by atoms with Crippen molar-refractivity contribution in [1.82, 2.24) is 19.3 Å². The molecule has 0 aliphatic heterocycles. The molecule has 2 aromatic heterocycles. The Bertz CT molecular complexity index is 896. The number of aliphatic hydroxyl groups is 1. The number of rotatable bonds is 5. The highest BCUT2D eigenvalue weighted by atomic mass is 16.3. The van der Waals surface area contributed by atoms with Gasteiger partial charge in [0.2, 0.25) is 0 Å². The number of para-hydroxylation sites is 1. The van der Waals surface area contributed by atoms with E-state index in [9.17, 15) is 10.4 Å². The molecule has 1 aliphatic rings. The molecular formula is C19H20N6O. The summed E-state index contributed by atoms with van der Waals surface area (Å²) in [5, 5.41) is 27.6. The number of aromatic nitrogens is 4. The molecule has 2 N–H and O–H groups in total. The summed E-state index contributed by atoms with van der Waals surface area (Å²) in [7, 11) is 0. The van der Waals surface area contributed by atoms with Crippen LogP contribution in [0.2, 0.25) is 0 Å². The Balaban J connectivity index is 1.54. The van der Waals surface area contributed by atoms with Crippen LogP contribution < -0.4 is 5.32 Å². The fourth-order valence-corrected chi connectivity index (χ4v) is 3.62. The average Bonchev–Trinajstić information content (AvgIpc) is 3.38. The van der Waals surface area contributed by atoms with E-state index in [-0.39, 0.29) is 6.04 Å². The molecule has 3 atom stereocenters. The SMILES string of the molecule is N#Cc1cnn(-c2ccccc2)c1N[C@@H]1CC(Cn2ccnc2)C[C@H]1O. The summed E-state index contributed by atoms with van der Waals surface area (Å²) < 4.78 is 3.75. The highest BCUT2D eigenvalue weighted by Gasteiger charge is 2.34. The van der Waals surface area contributed by atoms with Crippen LogP contribution in [0.15, 0.2) is 55.2 Å². The van der Waals surface area contributed by atoms with Crippen molar-refractivity contribution in [3.05, 3.63) is 60.8 Å². The van der Waals surface area contributed by atoms with Crippen molar-refractivity contribution in [2.75, 3.05) is 5.32 Å². The fraction of sp³-hybridized carbons (Fsp3) is 0.316. The molecule has 1 saturated carbocycles. The van der Waals surface area contributed by atoms with Gasteiger partial charge >= 0.3 is 0 Å². The highest BCUT2D eigenvalue weighted by molar-refractivity contribution is 5.56. The van der Waals surface area contributed by atoms with Gasteiger partial charge in [-0.25, -0.2) is 9.67 Å². The number of aliphatic hydroxyl groups excluding tert-OH is 1. The maximum Gasteiger partial charge on any atom is 0.148 e. The van der Waals surface area contributed by atoms with Crippen molar-refractivity contribution in [2.45, 2.75) is 31.5 Å². The fourth-order valence-electron chi connectivity index (χ4n) is 3.62. The van der Waals surface area contributed by atoms with Crippen LogP contribution in [-0.4, -0.2) is 36.6 Å². The molecule has 1 fully saturated rings. The van der Waals surface area contributed by atoms with Crippen molar-refractivity contribution in [2.24, 2.45) is 5.92 Å². The number of benzene rings is 1. The molecule has 1 unspecified atom stereocenters. The van der Waals surface area contributed by atoms with Crippen molar-refractivity contribution in [3.63, 3.8) is 0 Å². The number of nitrogens with one attached hydrogen (secondary N) is 1. The van der Waals surface area contributed by atoms with Crippen molar-refractivity contribution in [3.8, 4) is 11.8 Å². The van der Waals surface area contributed by atoms with E-state index in [4.69, 9.17) is 0 Å². The third-order valence-electron chi connectivity index (χ3n) is 4.87. The van der Waals surface area contributed by atoms with Gasteiger partial charge in [0, 0.05) is 18.9 Å². The van der Waals surface area contributed by atoms with Gasteiger partial charge in [-0.15, -0.1) is 0 Å². The van der Waals surface area contributed by atoms with Gasteiger partial charge in [-0.1, -0.05) is 18.2 Å². The maximum absolute atomic E-state index is 10.5. The Morgan fingerprint density at radius 1 is 1.27 bits per heavy atom. The predicted octanol–water partition coefficient (Wildman–Crippen LogP) is 2.19. The van der Waals surface area contributed by atoms with Gasteiger partial charge < -0.3 is 15.0 Å². The van der Waals surface area contributed by atoms with E-state index < -0.39 is 6.10 Å². The van der Waals surface area contributed by atoms with Crippen LogP contribution in [0.5, 0.6) is 0 Å². The third kappa shape index (κ3) is 3.19. The van der Waals surface area contributed by atoms with E-state index in [1.165, 1.54) is 0 Å². The summed E-state index contributed by atoms with van der Waals surface area (Å²) in [6.07, 6.45) is 8.13. The quantitative estimate of drug-likeness (QED) is 0.737. The first-order chi connectivity index (χ1) is 12.7. The number of imidazole rings is 1. The molecule has 26 heavy (non-hydrogen) atoms. The smallest absolute Gasteiger partial charge is 0.148 e. The molecule has 0 spiro atoms. The summed E-state index contributed by atoms with van der Waals surface area (Å²) in [5.74, 6) is 0.987.